The molecule has 9 nitrogen and oxygen atoms in total. The third-order valence-corrected chi connectivity index (χ3v) is 6.11. The number of hydrogen-bond donors (Lipinski definition) is 2. The number of anilines is 2. The normalized spacial score (nSPS) is 15.4. The van der Waals surface area contributed by atoms with Gasteiger partial charge in [-0.05, 0) is 43.0 Å². The van der Waals surface area contributed by atoms with Gasteiger partial charge in [-0.1, -0.05) is 17.7 Å². The summed E-state index contributed by atoms with van der Waals surface area (Å²) in [5, 5.41) is 10.7. The van der Waals surface area contributed by atoms with Crippen LogP contribution in [0.15, 0.2) is 48.9 Å². The summed E-state index contributed by atoms with van der Waals surface area (Å²) in [7, 11) is 0. The van der Waals surface area contributed by atoms with E-state index < -0.39 is 12.1 Å². The average molecular weight is 552 g/mol. The second kappa shape index (κ2) is 11.8. The number of carbonyl (C=O) groups excluding carboxylic acids is 1. The summed E-state index contributed by atoms with van der Waals surface area (Å²) >= 11 is 6.05. The lowest BCUT2D eigenvalue weighted by molar-refractivity contribution is -0.192. The van der Waals surface area contributed by atoms with Gasteiger partial charge in [0.2, 0.25) is 5.95 Å². The zero-order valence-electron chi connectivity index (χ0n) is 20.1. The summed E-state index contributed by atoms with van der Waals surface area (Å²) in [6.07, 6.45) is 3.01. The van der Waals surface area contributed by atoms with E-state index in [2.05, 4.69) is 20.2 Å². The molecular formula is C25H25ClF3N5O4. The second-order valence-electron chi connectivity index (χ2n) is 8.85. The Morgan fingerprint density at radius 1 is 1.11 bits per heavy atom. The highest BCUT2D eigenvalue weighted by atomic mass is 35.5. The molecule has 0 atom stereocenters. The molecule has 5 rings (SSSR count). The van der Waals surface area contributed by atoms with Crippen LogP contribution in [0.5, 0.6) is 0 Å². The van der Waals surface area contributed by atoms with Gasteiger partial charge < -0.3 is 24.6 Å². The van der Waals surface area contributed by atoms with Crippen LogP contribution >= 0.6 is 11.6 Å². The average Bonchev–Trinajstić information content (AvgIpc) is 3.60. The quantitative estimate of drug-likeness (QED) is 0.456. The Kier molecular flexibility index (Phi) is 8.52. The summed E-state index contributed by atoms with van der Waals surface area (Å²) in [6.45, 7) is 3.82. The van der Waals surface area contributed by atoms with Gasteiger partial charge in [0.05, 0.1) is 13.2 Å². The minimum absolute atomic E-state index is 0.153. The highest BCUT2D eigenvalue weighted by molar-refractivity contribution is 6.31. The lowest BCUT2D eigenvalue weighted by Crippen LogP contribution is -2.37. The molecule has 38 heavy (non-hydrogen) atoms. The number of carboxylic acid groups (broad SMARTS) is 1. The number of benzene rings is 1. The fourth-order valence-electron chi connectivity index (χ4n) is 3.75. The monoisotopic (exact) mass is 551 g/mol. The number of nitrogens with zero attached hydrogens (tertiary/aromatic N) is 4. The number of hydrogen-bond acceptors (Lipinski definition) is 6. The van der Waals surface area contributed by atoms with Gasteiger partial charge in [-0.2, -0.15) is 13.2 Å². The smallest absolute Gasteiger partial charge is 0.475 e. The molecule has 1 aromatic carbocycles. The zero-order valence-corrected chi connectivity index (χ0v) is 20.9. The lowest BCUT2D eigenvalue weighted by atomic mass is 10.2. The van der Waals surface area contributed by atoms with Gasteiger partial charge in [0, 0.05) is 60.1 Å². The SMILES string of the molecule is O=C(Nc1cccc(Cl)c1)c1cc(-c2cnc(N3CCOCC3)nc2)cn1CC1CC1.O=C(O)C(F)(F)F. The largest absolute Gasteiger partial charge is 0.490 e. The topological polar surface area (TPSA) is 110 Å². The van der Waals surface area contributed by atoms with E-state index in [4.69, 9.17) is 26.2 Å². The van der Waals surface area contributed by atoms with Crippen LogP contribution in [0.3, 0.4) is 0 Å². The van der Waals surface area contributed by atoms with Gasteiger partial charge in [-0.3, -0.25) is 4.79 Å². The molecule has 0 radical (unpaired) electrons. The summed E-state index contributed by atoms with van der Waals surface area (Å²) in [6, 6.07) is 9.09. The van der Waals surface area contributed by atoms with Crippen LogP contribution in [0.1, 0.15) is 23.3 Å². The number of amides is 1. The van der Waals surface area contributed by atoms with E-state index in [0.717, 1.165) is 30.8 Å². The molecule has 3 heterocycles. The Hall–Kier alpha value is -3.64. The van der Waals surface area contributed by atoms with Crippen molar-refractivity contribution in [2.75, 3.05) is 36.5 Å². The molecule has 0 bridgehead atoms. The Labute approximate surface area is 221 Å². The van der Waals surface area contributed by atoms with Crippen molar-refractivity contribution in [3.8, 4) is 11.1 Å². The van der Waals surface area contributed by atoms with Crippen molar-refractivity contribution in [2.24, 2.45) is 5.92 Å². The molecule has 1 aliphatic carbocycles. The van der Waals surface area contributed by atoms with Gasteiger partial charge >= 0.3 is 12.1 Å². The predicted molar refractivity (Wildman–Crippen MR) is 134 cm³/mol. The first kappa shape index (κ1) is 27.4. The zero-order chi connectivity index (χ0) is 27.3. The molecule has 1 aliphatic heterocycles. The highest BCUT2D eigenvalue weighted by Gasteiger charge is 2.38. The fraction of sp³-hybridized carbons (Fsp3) is 0.360. The van der Waals surface area contributed by atoms with Crippen LogP contribution in [0.4, 0.5) is 24.8 Å². The third-order valence-electron chi connectivity index (χ3n) is 5.87. The number of aromatic nitrogens is 3. The van der Waals surface area contributed by atoms with Crippen molar-refractivity contribution in [1.82, 2.24) is 14.5 Å². The maximum absolute atomic E-state index is 13.0. The molecule has 2 aliphatic rings. The van der Waals surface area contributed by atoms with Crippen LogP contribution in [0.25, 0.3) is 11.1 Å². The van der Waals surface area contributed by atoms with Crippen molar-refractivity contribution >= 4 is 35.1 Å². The number of halogens is 4. The number of ether oxygens (including phenoxy) is 1. The van der Waals surface area contributed by atoms with Crippen molar-refractivity contribution in [3.63, 3.8) is 0 Å². The van der Waals surface area contributed by atoms with Crippen molar-refractivity contribution in [1.29, 1.82) is 0 Å². The molecule has 1 saturated carbocycles. The van der Waals surface area contributed by atoms with Crippen molar-refractivity contribution < 1.29 is 32.6 Å². The number of morpholine rings is 1. The Morgan fingerprint density at radius 3 is 2.34 bits per heavy atom. The molecule has 1 saturated heterocycles. The van der Waals surface area contributed by atoms with Gasteiger partial charge in [0.25, 0.3) is 5.91 Å². The number of alkyl halides is 3. The molecule has 3 aromatic rings. The van der Waals surface area contributed by atoms with Crippen molar-refractivity contribution in [3.05, 3.63) is 59.6 Å². The number of carbonyl (C=O) groups is 2. The van der Waals surface area contributed by atoms with Crippen LogP contribution in [0, 0.1) is 5.92 Å². The minimum atomic E-state index is -5.08. The molecular weight excluding hydrogens is 527 g/mol. The van der Waals surface area contributed by atoms with E-state index in [1.807, 2.05) is 41.4 Å². The van der Waals surface area contributed by atoms with Crippen molar-refractivity contribution in [2.45, 2.75) is 25.6 Å². The molecule has 1 amide bonds. The van der Waals surface area contributed by atoms with Crippen LogP contribution in [-0.4, -0.2) is 64.0 Å². The maximum Gasteiger partial charge on any atom is 0.490 e. The Bertz CT molecular complexity index is 1270. The summed E-state index contributed by atoms with van der Waals surface area (Å²) < 4.78 is 39.2. The fourth-order valence-corrected chi connectivity index (χ4v) is 3.94. The first-order valence-corrected chi connectivity index (χ1v) is 12.2. The van der Waals surface area contributed by atoms with E-state index in [9.17, 15) is 18.0 Å². The van der Waals surface area contributed by atoms with E-state index in [-0.39, 0.29) is 5.91 Å². The second-order valence-corrected chi connectivity index (χ2v) is 9.28. The number of rotatable bonds is 6. The Morgan fingerprint density at radius 2 is 1.76 bits per heavy atom. The maximum atomic E-state index is 13.0. The summed E-state index contributed by atoms with van der Waals surface area (Å²) in [4.78, 5) is 33.1. The molecule has 2 N–H and O–H groups in total. The molecule has 0 spiro atoms. The van der Waals surface area contributed by atoms with Gasteiger partial charge in [-0.25, -0.2) is 14.8 Å². The predicted octanol–water partition coefficient (Wildman–Crippen LogP) is 4.73. The molecule has 2 aromatic heterocycles. The molecule has 2 fully saturated rings. The number of carboxylic acids is 1. The van der Waals surface area contributed by atoms with Crippen LogP contribution < -0.4 is 10.2 Å². The first-order chi connectivity index (χ1) is 18.1. The minimum Gasteiger partial charge on any atom is -0.475 e. The number of aliphatic carboxylic acids is 1. The molecule has 0 unspecified atom stereocenters. The van der Waals surface area contributed by atoms with Gasteiger partial charge in [0.15, 0.2) is 0 Å². The van der Waals surface area contributed by atoms with Crippen LogP contribution in [-0.2, 0) is 16.1 Å². The highest BCUT2D eigenvalue weighted by Crippen LogP contribution is 2.33. The standard InChI is InChI=1S/C23H24ClN5O2.C2HF3O2/c24-19-2-1-3-20(11-19)27-22(30)21-10-17(15-29(21)14-16-4-5-16)18-12-25-23(26-13-18)28-6-8-31-9-7-28;3-2(4,5)1(6)7/h1-3,10-13,15-16H,4-9,14H2,(H,27,30);(H,6,7). The Balaban J connectivity index is 0.000000426. The first-order valence-electron chi connectivity index (χ1n) is 11.8. The lowest BCUT2D eigenvalue weighted by Gasteiger charge is -2.26. The van der Waals surface area contributed by atoms with Crippen LogP contribution in [0.2, 0.25) is 5.02 Å². The van der Waals surface area contributed by atoms with E-state index in [1.54, 1.807) is 12.1 Å². The van der Waals surface area contributed by atoms with E-state index >= 15 is 0 Å². The number of nitrogens with one attached hydrogen (secondary N) is 1. The van der Waals surface area contributed by atoms with Gasteiger partial charge in [0.1, 0.15) is 5.69 Å². The van der Waals surface area contributed by atoms with Gasteiger partial charge in [-0.15, -0.1) is 0 Å². The summed E-state index contributed by atoms with van der Waals surface area (Å²) in [5.41, 5.74) is 3.13. The summed E-state index contributed by atoms with van der Waals surface area (Å²) in [5.74, 6) is -1.56. The molecule has 13 heteroatoms. The molecule has 202 valence electrons. The third kappa shape index (κ3) is 7.45. The van der Waals surface area contributed by atoms with E-state index in [0.29, 0.717) is 41.5 Å². The van der Waals surface area contributed by atoms with E-state index in [1.165, 1.54) is 12.8 Å².